The molecule has 0 bridgehead atoms. The molecule has 0 saturated carbocycles. The molecule has 1 aromatic carbocycles. The van der Waals surface area contributed by atoms with Gasteiger partial charge < -0.3 is 4.74 Å². The van der Waals surface area contributed by atoms with E-state index in [0.717, 1.165) is 11.4 Å². The Balaban J connectivity index is 1.68. The lowest BCUT2D eigenvalue weighted by molar-refractivity contribution is 0.404. The number of rotatable bonds is 5. The number of pyridine rings is 1. The van der Waals surface area contributed by atoms with E-state index < -0.39 is 0 Å². The van der Waals surface area contributed by atoms with Crippen LogP contribution in [0.15, 0.2) is 49.1 Å². The molecule has 7 nitrogen and oxygen atoms in total. The molecule has 8 heteroatoms. The van der Waals surface area contributed by atoms with Crippen LogP contribution in [-0.4, -0.2) is 36.7 Å². The monoisotopic (exact) mass is 338 g/mol. The molecule has 0 saturated heterocycles. The van der Waals surface area contributed by atoms with E-state index in [1.165, 1.54) is 6.07 Å². The Bertz CT molecular complexity index is 1010. The average molecular weight is 338 g/mol. The van der Waals surface area contributed by atoms with Gasteiger partial charge in [0.15, 0.2) is 5.65 Å². The lowest BCUT2D eigenvalue weighted by Gasteiger charge is -2.11. The molecule has 0 atom stereocenters. The Morgan fingerprint density at radius 1 is 1.12 bits per heavy atom. The molecule has 3 heterocycles. The Morgan fingerprint density at radius 2 is 2.04 bits per heavy atom. The second-order valence-electron chi connectivity index (χ2n) is 5.50. The normalized spacial score (nSPS) is 11.1. The first-order chi connectivity index (χ1) is 12.3. The maximum absolute atomic E-state index is 14.1. The Hall–Kier alpha value is -3.29. The van der Waals surface area contributed by atoms with E-state index in [-0.39, 0.29) is 5.82 Å². The lowest BCUT2D eigenvalue weighted by Crippen LogP contribution is -2.05. The Labute approximate surface area is 142 Å². The van der Waals surface area contributed by atoms with E-state index >= 15 is 0 Å². The molecule has 3 aromatic heterocycles. The fourth-order valence-electron chi connectivity index (χ4n) is 2.89. The third-order valence-corrected chi connectivity index (χ3v) is 4.12. The summed E-state index contributed by atoms with van der Waals surface area (Å²) < 4.78 is 22.9. The molecule has 0 spiro atoms. The van der Waals surface area contributed by atoms with Crippen LogP contribution in [0.2, 0.25) is 0 Å². The van der Waals surface area contributed by atoms with Gasteiger partial charge in [0.1, 0.15) is 23.6 Å². The summed E-state index contributed by atoms with van der Waals surface area (Å²) >= 11 is 0. The molecule has 126 valence electrons. The van der Waals surface area contributed by atoms with Crippen molar-refractivity contribution in [3.63, 3.8) is 0 Å². The first-order valence-corrected chi connectivity index (χ1v) is 7.77. The molecule has 0 fully saturated rings. The standard InChI is InChI=1S/C17H15FN6O/c1-25-16-4-2-3-14(18)13(16)7-5-12-6-8-15(24-10-9-19-22-24)17-21-20-11-23(12)17/h2-4,6,8-11H,5,7H2,1H3. The summed E-state index contributed by atoms with van der Waals surface area (Å²) in [6, 6.07) is 8.72. The molecular formula is C17H15FN6O. The summed E-state index contributed by atoms with van der Waals surface area (Å²) in [7, 11) is 1.54. The van der Waals surface area contributed by atoms with Gasteiger partial charge in [0.05, 0.1) is 19.5 Å². The van der Waals surface area contributed by atoms with Gasteiger partial charge in [-0.3, -0.25) is 4.40 Å². The SMILES string of the molecule is COc1cccc(F)c1CCc1ccc(-n2ccnn2)c2nncn12. The minimum Gasteiger partial charge on any atom is -0.496 e. The van der Waals surface area contributed by atoms with Gasteiger partial charge in [-0.2, -0.15) is 0 Å². The molecule has 0 aliphatic carbocycles. The third-order valence-electron chi connectivity index (χ3n) is 4.12. The molecule has 0 unspecified atom stereocenters. The van der Waals surface area contributed by atoms with Crippen molar-refractivity contribution in [3.8, 4) is 11.4 Å². The molecule has 0 aliphatic heterocycles. The summed E-state index contributed by atoms with van der Waals surface area (Å²) in [6.07, 6.45) is 6.11. The van der Waals surface area contributed by atoms with Gasteiger partial charge in [-0.15, -0.1) is 15.3 Å². The molecular weight excluding hydrogens is 323 g/mol. The fraction of sp³-hybridized carbons (Fsp3) is 0.176. The average Bonchev–Trinajstić information content (AvgIpc) is 3.32. The van der Waals surface area contributed by atoms with Crippen LogP contribution in [0.5, 0.6) is 5.75 Å². The predicted octanol–water partition coefficient (Wildman–Crippen LogP) is 2.24. The Kier molecular flexibility index (Phi) is 3.85. The highest BCUT2D eigenvalue weighted by Gasteiger charge is 2.13. The minimum absolute atomic E-state index is 0.265. The van der Waals surface area contributed by atoms with Crippen molar-refractivity contribution in [2.75, 3.05) is 7.11 Å². The first-order valence-electron chi connectivity index (χ1n) is 7.77. The van der Waals surface area contributed by atoms with Crippen molar-refractivity contribution in [1.82, 2.24) is 29.6 Å². The number of fused-ring (bicyclic) bond motifs is 1. The number of ether oxygens (including phenoxy) is 1. The van der Waals surface area contributed by atoms with Crippen LogP contribution < -0.4 is 4.74 Å². The van der Waals surface area contributed by atoms with E-state index in [9.17, 15) is 4.39 Å². The Morgan fingerprint density at radius 3 is 2.84 bits per heavy atom. The fourth-order valence-corrected chi connectivity index (χ4v) is 2.89. The third kappa shape index (κ3) is 2.71. The largest absolute Gasteiger partial charge is 0.496 e. The zero-order valence-corrected chi connectivity index (χ0v) is 13.5. The number of aromatic nitrogens is 6. The number of methoxy groups -OCH3 is 1. The molecule has 4 rings (SSSR count). The smallest absolute Gasteiger partial charge is 0.186 e. The first kappa shape index (κ1) is 15.3. The van der Waals surface area contributed by atoms with Crippen LogP contribution >= 0.6 is 0 Å². The maximum atomic E-state index is 14.1. The van der Waals surface area contributed by atoms with E-state index in [1.54, 1.807) is 42.6 Å². The van der Waals surface area contributed by atoms with Crippen LogP contribution in [-0.2, 0) is 12.8 Å². The molecule has 0 aliphatic rings. The van der Waals surface area contributed by atoms with Crippen LogP contribution in [0.4, 0.5) is 4.39 Å². The highest BCUT2D eigenvalue weighted by Crippen LogP contribution is 2.23. The van der Waals surface area contributed by atoms with E-state index in [1.807, 2.05) is 16.5 Å². The van der Waals surface area contributed by atoms with Gasteiger partial charge in [-0.25, -0.2) is 9.07 Å². The number of halogens is 1. The number of benzene rings is 1. The zero-order chi connectivity index (χ0) is 17.2. The van der Waals surface area contributed by atoms with Gasteiger partial charge in [-0.05, 0) is 37.1 Å². The number of hydrogen-bond donors (Lipinski definition) is 0. The maximum Gasteiger partial charge on any atom is 0.186 e. The molecule has 4 aromatic rings. The van der Waals surface area contributed by atoms with Crippen molar-refractivity contribution < 1.29 is 9.13 Å². The topological polar surface area (TPSA) is 70.1 Å². The van der Waals surface area contributed by atoms with Gasteiger partial charge in [0, 0.05) is 11.3 Å². The number of hydrogen-bond acceptors (Lipinski definition) is 5. The number of aryl methyl sites for hydroxylation is 1. The molecule has 0 N–H and O–H groups in total. The predicted molar refractivity (Wildman–Crippen MR) is 88.3 cm³/mol. The summed E-state index contributed by atoms with van der Waals surface area (Å²) in [4.78, 5) is 0. The number of nitrogens with zero attached hydrogens (tertiary/aromatic N) is 6. The summed E-state index contributed by atoms with van der Waals surface area (Å²) in [5.74, 6) is 0.290. The van der Waals surface area contributed by atoms with Gasteiger partial charge >= 0.3 is 0 Å². The van der Waals surface area contributed by atoms with Crippen LogP contribution in [0.3, 0.4) is 0 Å². The summed E-state index contributed by atoms with van der Waals surface area (Å²) in [5.41, 5.74) is 2.98. The zero-order valence-electron chi connectivity index (χ0n) is 13.5. The summed E-state index contributed by atoms with van der Waals surface area (Å²) in [5, 5.41) is 16.0. The van der Waals surface area contributed by atoms with Gasteiger partial charge in [0.2, 0.25) is 0 Å². The second kappa shape index (κ2) is 6.31. The van der Waals surface area contributed by atoms with Crippen molar-refractivity contribution in [1.29, 1.82) is 0 Å². The van der Waals surface area contributed by atoms with Gasteiger partial charge in [0.25, 0.3) is 0 Å². The highest BCUT2D eigenvalue weighted by atomic mass is 19.1. The van der Waals surface area contributed by atoms with E-state index in [2.05, 4.69) is 20.5 Å². The van der Waals surface area contributed by atoms with E-state index in [0.29, 0.717) is 29.8 Å². The van der Waals surface area contributed by atoms with Gasteiger partial charge in [-0.1, -0.05) is 11.3 Å². The minimum atomic E-state index is -0.265. The van der Waals surface area contributed by atoms with Crippen LogP contribution in [0, 0.1) is 5.82 Å². The summed E-state index contributed by atoms with van der Waals surface area (Å²) in [6.45, 7) is 0. The quantitative estimate of drug-likeness (QED) is 0.558. The van der Waals surface area contributed by atoms with Crippen molar-refractivity contribution in [2.45, 2.75) is 12.8 Å². The molecule has 0 amide bonds. The lowest BCUT2D eigenvalue weighted by atomic mass is 10.1. The van der Waals surface area contributed by atoms with Crippen molar-refractivity contribution >= 4 is 5.65 Å². The second-order valence-corrected chi connectivity index (χ2v) is 5.50. The highest BCUT2D eigenvalue weighted by molar-refractivity contribution is 5.58. The van der Waals surface area contributed by atoms with Crippen LogP contribution in [0.1, 0.15) is 11.3 Å². The van der Waals surface area contributed by atoms with Crippen molar-refractivity contribution in [2.24, 2.45) is 0 Å². The molecule has 25 heavy (non-hydrogen) atoms. The van der Waals surface area contributed by atoms with Crippen LogP contribution in [0.25, 0.3) is 11.3 Å². The van der Waals surface area contributed by atoms with E-state index in [4.69, 9.17) is 4.74 Å². The van der Waals surface area contributed by atoms with Crippen molar-refractivity contribution in [3.05, 3.63) is 66.1 Å². The molecule has 0 radical (unpaired) electrons.